The van der Waals surface area contributed by atoms with E-state index >= 15 is 0 Å². The molecule has 168 valence electrons. The maximum atomic E-state index is 12.6. The van der Waals surface area contributed by atoms with Crippen molar-refractivity contribution in [3.05, 3.63) is 64.2 Å². The van der Waals surface area contributed by atoms with Crippen molar-refractivity contribution in [3.63, 3.8) is 0 Å². The number of rotatable bonds is 5. The normalized spacial score (nSPS) is 18.3. The molecule has 2 fully saturated rings. The van der Waals surface area contributed by atoms with Gasteiger partial charge in [0.05, 0.1) is 5.02 Å². The van der Waals surface area contributed by atoms with E-state index in [0.29, 0.717) is 29.5 Å². The minimum atomic E-state index is -0.255. The van der Waals surface area contributed by atoms with E-state index in [1.165, 1.54) is 0 Å². The second-order valence-electron chi connectivity index (χ2n) is 9.15. The van der Waals surface area contributed by atoms with Gasteiger partial charge in [-0.3, -0.25) is 9.36 Å². The number of amides is 1. The monoisotopic (exact) mass is 461 g/mol. The zero-order valence-electron chi connectivity index (χ0n) is 18.1. The number of hydrogen-bond donors (Lipinski definition) is 2. The van der Waals surface area contributed by atoms with Gasteiger partial charge >= 0.3 is 5.69 Å². The Bertz CT molecular complexity index is 1410. The number of carbonyl (C=O) groups is 1. The summed E-state index contributed by atoms with van der Waals surface area (Å²) >= 11 is 6.69. The van der Waals surface area contributed by atoms with Crippen LogP contribution in [0.4, 0.5) is 0 Å². The van der Waals surface area contributed by atoms with Gasteiger partial charge in [-0.15, -0.1) is 0 Å². The number of likely N-dealkylation sites (tertiary alicyclic amines) is 1. The molecule has 2 aliphatic rings. The molecule has 0 unspecified atom stereocenters. The zero-order chi connectivity index (χ0) is 22.5. The van der Waals surface area contributed by atoms with Crippen LogP contribution in [0.2, 0.25) is 5.02 Å². The molecule has 7 nitrogen and oxygen atoms in total. The summed E-state index contributed by atoms with van der Waals surface area (Å²) in [6.45, 7) is 1.98. The third-order valence-electron chi connectivity index (χ3n) is 6.82. The Hall–Kier alpha value is -3.32. The highest BCUT2D eigenvalue weighted by Gasteiger charge is 2.36. The zero-order valence-corrected chi connectivity index (χ0v) is 18.8. The lowest BCUT2D eigenvalue weighted by Crippen LogP contribution is -2.31. The molecule has 2 N–H and O–H groups in total. The number of nitrogens with zero attached hydrogens (tertiary/aromatic N) is 3. The Balaban J connectivity index is 1.25. The second kappa shape index (κ2) is 7.92. The lowest BCUT2D eigenvalue weighted by atomic mass is 10.0. The number of benzene rings is 2. The van der Waals surface area contributed by atoms with Gasteiger partial charge in [-0.25, -0.2) is 9.89 Å². The average Bonchev–Trinajstić information content (AvgIpc) is 3.21. The Morgan fingerprint density at radius 1 is 1.09 bits per heavy atom. The molecule has 1 amide bonds. The van der Waals surface area contributed by atoms with Crippen molar-refractivity contribution in [3.8, 4) is 22.5 Å². The maximum Gasteiger partial charge on any atom is 0.343 e. The van der Waals surface area contributed by atoms with E-state index in [0.717, 1.165) is 47.8 Å². The van der Waals surface area contributed by atoms with Crippen LogP contribution >= 0.6 is 11.6 Å². The van der Waals surface area contributed by atoms with Crippen LogP contribution in [-0.2, 0) is 11.3 Å². The van der Waals surface area contributed by atoms with Crippen LogP contribution in [0.15, 0.2) is 53.5 Å². The Morgan fingerprint density at radius 2 is 1.91 bits per heavy atom. The smallest absolute Gasteiger partial charge is 0.343 e. The molecule has 1 aliphatic carbocycles. The molecule has 0 bridgehead atoms. The second-order valence-corrected chi connectivity index (χ2v) is 9.56. The summed E-state index contributed by atoms with van der Waals surface area (Å²) in [7, 11) is 0. The van der Waals surface area contributed by atoms with Gasteiger partial charge in [0.15, 0.2) is 5.82 Å². The van der Waals surface area contributed by atoms with Gasteiger partial charge in [-0.1, -0.05) is 23.7 Å². The largest absolute Gasteiger partial charge is 0.361 e. The SMILES string of the molecule is O=C(C1CC1)N1CC[C@@H](Cn2c(-c3ccc(-c4ccc5[nH]ccc5c4)cc3Cl)n[nH]c2=O)C1. The predicted octanol–water partition coefficient (Wildman–Crippen LogP) is 4.30. The summed E-state index contributed by atoms with van der Waals surface area (Å²) in [5.74, 6) is 1.26. The van der Waals surface area contributed by atoms with Crippen LogP contribution in [0.25, 0.3) is 33.4 Å². The molecule has 0 radical (unpaired) electrons. The summed E-state index contributed by atoms with van der Waals surface area (Å²) in [5, 5.41) is 8.53. The van der Waals surface area contributed by atoms with E-state index in [4.69, 9.17) is 11.6 Å². The molecule has 1 aliphatic heterocycles. The van der Waals surface area contributed by atoms with Gasteiger partial charge in [0.1, 0.15) is 0 Å². The summed E-state index contributed by atoms with van der Waals surface area (Å²) in [6.07, 6.45) is 4.84. The summed E-state index contributed by atoms with van der Waals surface area (Å²) in [5.41, 5.74) is 3.62. The molecule has 6 rings (SSSR count). The van der Waals surface area contributed by atoms with Gasteiger partial charge in [-0.05, 0) is 72.0 Å². The Morgan fingerprint density at radius 3 is 2.73 bits per heavy atom. The third kappa shape index (κ3) is 3.76. The average molecular weight is 462 g/mol. The van der Waals surface area contributed by atoms with Crippen LogP contribution in [0.1, 0.15) is 19.3 Å². The van der Waals surface area contributed by atoms with E-state index in [-0.39, 0.29) is 23.4 Å². The molecule has 1 saturated carbocycles. The number of fused-ring (bicyclic) bond motifs is 1. The highest BCUT2D eigenvalue weighted by atomic mass is 35.5. The number of nitrogens with one attached hydrogen (secondary N) is 2. The number of aromatic amines is 2. The molecule has 2 aromatic heterocycles. The van der Waals surface area contributed by atoms with Gasteiger partial charge in [0.2, 0.25) is 5.91 Å². The van der Waals surface area contributed by atoms with E-state index in [1.54, 1.807) is 4.57 Å². The Labute approximate surface area is 195 Å². The molecule has 0 spiro atoms. The maximum absolute atomic E-state index is 12.6. The summed E-state index contributed by atoms with van der Waals surface area (Å²) in [6, 6.07) is 14.1. The highest BCUT2D eigenvalue weighted by molar-refractivity contribution is 6.33. The summed E-state index contributed by atoms with van der Waals surface area (Å²) < 4.78 is 1.66. The molecular weight excluding hydrogens is 438 g/mol. The van der Waals surface area contributed by atoms with Crippen LogP contribution in [0.5, 0.6) is 0 Å². The van der Waals surface area contributed by atoms with Crippen molar-refractivity contribution in [2.75, 3.05) is 13.1 Å². The predicted molar refractivity (Wildman–Crippen MR) is 128 cm³/mol. The van der Waals surface area contributed by atoms with E-state index < -0.39 is 0 Å². The molecular formula is C25H24ClN5O2. The van der Waals surface area contributed by atoms with Crippen LogP contribution < -0.4 is 5.69 Å². The van der Waals surface area contributed by atoms with Crippen LogP contribution in [0.3, 0.4) is 0 Å². The fourth-order valence-electron chi connectivity index (χ4n) is 4.83. The van der Waals surface area contributed by atoms with Crippen LogP contribution in [0, 0.1) is 11.8 Å². The topological polar surface area (TPSA) is 86.8 Å². The first-order valence-electron chi connectivity index (χ1n) is 11.4. The summed E-state index contributed by atoms with van der Waals surface area (Å²) in [4.78, 5) is 30.1. The number of aromatic nitrogens is 4. The standard InChI is InChI=1S/C25H24ClN5O2/c26-21-12-18(17-4-6-22-19(11-17)7-9-27-22)3-5-20(21)23-28-29-25(33)31(23)14-15-8-10-30(13-15)24(32)16-1-2-16/h3-7,9,11-12,15-16,27H,1-2,8,10,13-14H2,(H,29,33)/t15-/m1/s1. The van der Waals surface area contributed by atoms with E-state index in [2.05, 4.69) is 33.4 Å². The number of H-pyrrole nitrogens is 2. The first-order valence-corrected chi connectivity index (χ1v) is 11.8. The van der Waals surface area contributed by atoms with Crippen molar-refractivity contribution < 1.29 is 4.79 Å². The van der Waals surface area contributed by atoms with E-state index in [1.807, 2.05) is 35.4 Å². The van der Waals surface area contributed by atoms with Gasteiger partial charge < -0.3 is 9.88 Å². The van der Waals surface area contributed by atoms with Gasteiger partial charge in [0, 0.05) is 42.8 Å². The fraction of sp³-hybridized carbons (Fsp3) is 0.320. The van der Waals surface area contributed by atoms with Crippen molar-refractivity contribution >= 4 is 28.4 Å². The first kappa shape index (κ1) is 20.3. The fourth-order valence-corrected chi connectivity index (χ4v) is 5.10. The molecule has 1 saturated heterocycles. The highest BCUT2D eigenvalue weighted by Crippen LogP contribution is 2.34. The quantitative estimate of drug-likeness (QED) is 0.464. The van der Waals surface area contributed by atoms with Gasteiger partial charge in [-0.2, -0.15) is 5.10 Å². The molecule has 8 heteroatoms. The van der Waals surface area contributed by atoms with Gasteiger partial charge in [0.25, 0.3) is 0 Å². The number of halogens is 1. The molecule has 1 atom stereocenters. The number of carbonyl (C=O) groups excluding carboxylic acids is 1. The van der Waals surface area contributed by atoms with E-state index in [9.17, 15) is 9.59 Å². The van der Waals surface area contributed by atoms with Crippen molar-refractivity contribution in [2.24, 2.45) is 11.8 Å². The lowest BCUT2D eigenvalue weighted by molar-refractivity contribution is -0.131. The minimum Gasteiger partial charge on any atom is -0.361 e. The van der Waals surface area contributed by atoms with Crippen molar-refractivity contribution in [1.29, 1.82) is 0 Å². The first-order chi connectivity index (χ1) is 16.1. The lowest BCUT2D eigenvalue weighted by Gasteiger charge is -2.17. The molecule has 2 aromatic carbocycles. The van der Waals surface area contributed by atoms with Crippen LogP contribution in [-0.4, -0.2) is 43.6 Å². The molecule has 4 aromatic rings. The number of hydrogen-bond acceptors (Lipinski definition) is 3. The Kier molecular flexibility index (Phi) is 4.87. The van der Waals surface area contributed by atoms with Crippen molar-refractivity contribution in [1.82, 2.24) is 24.6 Å². The molecule has 3 heterocycles. The minimum absolute atomic E-state index is 0.228. The third-order valence-corrected chi connectivity index (χ3v) is 7.13. The van der Waals surface area contributed by atoms with Crippen molar-refractivity contribution in [2.45, 2.75) is 25.8 Å². The molecule has 33 heavy (non-hydrogen) atoms.